The van der Waals surface area contributed by atoms with Gasteiger partial charge in [-0.25, -0.2) is 14.8 Å². The van der Waals surface area contributed by atoms with E-state index < -0.39 is 11.7 Å². The van der Waals surface area contributed by atoms with Crippen LogP contribution in [-0.4, -0.2) is 44.5 Å². The van der Waals surface area contributed by atoms with Crippen LogP contribution in [-0.2, 0) is 17.9 Å². The van der Waals surface area contributed by atoms with E-state index >= 15 is 0 Å². The largest absolute Gasteiger partial charge is 0.493 e. The molecule has 0 amide bonds. The van der Waals surface area contributed by atoms with Crippen LogP contribution in [0.2, 0.25) is 0 Å². The second-order valence-electron chi connectivity index (χ2n) is 8.25. The molecule has 12 heteroatoms. The highest BCUT2D eigenvalue weighted by Gasteiger charge is 2.26. The van der Waals surface area contributed by atoms with E-state index in [0.717, 1.165) is 32.6 Å². The average Bonchev–Trinajstić information content (AvgIpc) is 3.49. The van der Waals surface area contributed by atoms with Crippen molar-refractivity contribution >= 4 is 11.5 Å². The molecule has 0 radical (unpaired) electrons. The summed E-state index contributed by atoms with van der Waals surface area (Å²) in [7, 11) is 1.58. The van der Waals surface area contributed by atoms with Gasteiger partial charge in [0.15, 0.2) is 24.1 Å². The Hall–Kier alpha value is -4.71. The minimum absolute atomic E-state index is 0.152. The van der Waals surface area contributed by atoms with Crippen LogP contribution in [0.4, 0.5) is 5.69 Å². The second kappa shape index (κ2) is 8.82. The summed E-state index contributed by atoms with van der Waals surface area (Å²) in [4.78, 5) is 28.3. The molecule has 182 valence electrons. The zero-order valence-corrected chi connectivity index (χ0v) is 19.3. The first-order valence-corrected chi connectivity index (χ1v) is 11.2. The van der Waals surface area contributed by atoms with Crippen LogP contribution in [0.5, 0.6) is 11.5 Å². The normalized spacial score (nSPS) is 14.9. The molecule has 2 aromatic carbocycles. The van der Waals surface area contributed by atoms with E-state index in [2.05, 4.69) is 30.4 Å². The molecule has 36 heavy (non-hydrogen) atoms. The third-order valence-corrected chi connectivity index (χ3v) is 6.01. The van der Waals surface area contributed by atoms with Crippen LogP contribution in [0.25, 0.3) is 5.95 Å². The summed E-state index contributed by atoms with van der Waals surface area (Å²) in [6, 6.07) is 10.7. The van der Waals surface area contributed by atoms with Crippen molar-refractivity contribution in [2.75, 3.05) is 19.2 Å². The second-order valence-corrected chi connectivity index (χ2v) is 8.25. The van der Waals surface area contributed by atoms with Crippen molar-refractivity contribution in [2.45, 2.75) is 19.2 Å². The number of benzene rings is 2. The maximum absolute atomic E-state index is 12.8. The molecular weight excluding hydrogens is 464 g/mol. The maximum Gasteiger partial charge on any atom is 0.350 e. The van der Waals surface area contributed by atoms with Gasteiger partial charge in [-0.3, -0.25) is 9.98 Å². The number of nitrogens with zero attached hydrogens (tertiary/aromatic N) is 5. The number of nitrogens with one attached hydrogen (secondary N) is 2. The third kappa shape index (κ3) is 3.82. The van der Waals surface area contributed by atoms with Crippen LogP contribution in [0.15, 0.2) is 58.6 Å². The number of aliphatic imine (C=N–C) groups is 1. The van der Waals surface area contributed by atoms with Crippen molar-refractivity contribution in [3.8, 4) is 17.4 Å². The molecule has 2 aliphatic heterocycles. The third-order valence-electron chi connectivity index (χ3n) is 6.01. The van der Waals surface area contributed by atoms with Gasteiger partial charge in [0, 0.05) is 29.2 Å². The lowest BCUT2D eigenvalue weighted by molar-refractivity contribution is -0.0180. The summed E-state index contributed by atoms with van der Waals surface area (Å²) in [6.45, 7) is 1.03. The lowest BCUT2D eigenvalue weighted by atomic mass is 10.0. The number of rotatable bonds is 6. The molecule has 0 spiro atoms. The van der Waals surface area contributed by atoms with E-state index in [1.54, 1.807) is 25.6 Å². The van der Waals surface area contributed by atoms with Crippen LogP contribution in [0, 0.1) is 0 Å². The Morgan fingerprint density at radius 2 is 2.06 bits per heavy atom. The van der Waals surface area contributed by atoms with E-state index in [4.69, 9.17) is 19.9 Å². The first-order chi connectivity index (χ1) is 17.6. The molecule has 0 fully saturated rings. The standard InChI is InChI=1S/C24H22N8O4/c1-34-18-9-13(7-15-11-35-12-36-20(15)18)19(29-16-3-4-17-14(8-16)10-28-21(17)25)22-30-24(33)32(31-22)23-26-5-2-6-27-23/h2-9,19,29H,10-12H2,1H3,(H2,25,28)(H,30,31,33). The molecule has 1 unspecified atom stereocenters. The molecule has 4 aromatic rings. The monoisotopic (exact) mass is 486 g/mol. The number of H-pyrrole nitrogens is 1. The molecule has 4 N–H and O–H groups in total. The number of ether oxygens (including phenoxy) is 3. The summed E-state index contributed by atoms with van der Waals surface area (Å²) in [5.41, 5.74) is 9.86. The van der Waals surface area contributed by atoms with E-state index in [1.807, 2.05) is 30.3 Å². The van der Waals surface area contributed by atoms with Gasteiger partial charge in [0.1, 0.15) is 11.9 Å². The lowest BCUT2D eigenvalue weighted by Crippen LogP contribution is -2.18. The zero-order chi connectivity index (χ0) is 24.6. The van der Waals surface area contributed by atoms with Gasteiger partial charge >= 0.3 is 5.69 Å². The molecular formula is C24H22N8O4. The number of hydrogen-bond donors (Lipinski definition) is 3. The number of aromatic nitrogens is 5. The molecule has 1 atom stereocenters. The molecule has 6 rings (SSSR count). The summed E-state index contributed by atoms with van der Waals surface area (Å²) in [5.74, 6) is 2.24. The van der Waals surface area contributed by atoms with Gasteiger partial charge in [-0.2, -0.15) is 0 Å². The Kier molecular flexibility index (Phi) is 5.34. The van der Waals surface area contributed by atoms with E-state index in [0.29, 0.717) is 36.3 Å². The van der Waals surface area contributed by atoms with Gasteiger partial charge in [-0.15, -0.1) is 9.78 Å². The number of anilines is 1. The van der Waals surface area contributed by atoms with E-state index in [1.165, 1.54) is 0 Å². The van der Waals surface area contributed by atoms with E-state index in [9.17, 15) is 4.79 Å². The smallest absolute Gasteiger partial charge is 0.350 e. The summed E-state index contributed by atoms with van der Waals surface area (Å²) < 4.78 is 17.9. The number of aromatic amines is 1. The topological polar surface area (TPSA) is 155 Å². The van der Waals surface area contributed by atoms with E-state index in [-0.39, 0.29) is 12.7 Å². The predicted octanol–water partition coefficient (Wildman–Crippen LogP) is 1.65. The summed E-state index contributed by atoms with van der Waals surface area (Å²) in [6.07, 6.45) is 3.09. The van der Waals surface area contributed by atoms with Crippen molar-refractivity contribution in [2.24, 2.45) is 10.7 Å². The van der Waals surface area contributed by atoms with Crippen LogP contribution >= 0.6 is 0 Å². The summed E-state index contributed by atoms with van der Waals surface area (Å²) >= 11 is 0. The van der Waals surface area contributed by atoms with Crippen molar-refractivity contribution < 1.29 is 14.2 Å². The number of methoxy groups -OCH3 is 1. The first-order valence-electron chi connectivity index (χ1n) is 11.2. The van der Waals surface area contributed by atoms with Crippen LogP contribution in [0.1, 0.15) is 34.1 Å². The molecule has 2 aromatic heterocycles. The fraction of sp³-hybridized carbons (Fsp3) is 0.208. The number of amidine groups is 1. The Labute approximate surface area is 204 Å². The number of fused-ring (bicyclic) bond motifs is 2. The fourth-order valence-electron chi connectivity index (χ4n) is 4.33. The van der Waals surface area contributed by atoms with Gasteiger partial charge in [0.05, 0.1) is 20.3 Å². The Bertz CT molecular complexity index is 1510. The van der Waals surface area contributed by atoms with Crippen LogP contribution in [0.3, 0.4) is 0 Å². The lowest BCUT2D eigenvalue weighted by Gasteiger charge is -2.24. The zero-order valence-electron chi connectivity index (χ0n) is 19.3. The highest BCUT2D eigenvalue weighted by molar-refractivity contribution is 6.01. The molecule has 12 nitrogen and oxygen atoms in total. The van der Waals surface area contributed by atoms with Gasteiger partial charge in [0.25, 0.3) is 5.95 Å². The van der Waals surface area contributed by atoms with Crippen molar-refractivity contribution in [1.82, 2.24) is 24.7 Å². The molecule has 4 heterocycles. The minimum atomic E-state index is -0.568. The van der Waals surface area contributed by atoms with Gasteiger partial charge in [0.2, 0.25) is 0 Å². The quantitative estimate of drug-likeness (QED) is 0.369. The highest BCUT2D eigenvalue weighted by atomic mass is 16.7. The Morgan fingerprint density at radius 3 is 2.89 bits per heavy atom. The van der Waals surface area contributed by atoms with Crippen LogP contribution < -0.4 is 26.2 Å². The fourth-order valence-corrected chi connectivity index (χ4v) is 4.33. The van der Waals surface area contributed by atoms with Crippen molar-refractivity contribution in [3.05, 3.63) is 87.4 Å². The molecule has 0 aliphatic carbocycles. The summed E-state index contributed by atoms with van der Waals surface area (Å²) in [5, 5.41) is 8.01. The highest BCUT2D eigenvalue weighted by Crippen LogP contribution is 2.39. The Balaban J connectivity index is 1.45. The maximum atomic E-state index is 12.8. The van der Waals surface area contributed by atoms with Gasteiger partial charge < -0.3 is 25.3 Å². The van der Waals surface area contributed by atoms with Crippen molar-refractivity contribution in [1.29, 1.82) is 0 Å². The van der Waals surface area contributed by atoms with Crippen molar-refractivity contribution in [3.63, 3.8) is 0 Å². The number of nitrogens with two attached hydrogens (primary N) is 1. The average molecular weight is 486 g/mol. The predicted molar refractivity (Wildman–Crippen MR) is 129 cm³/mol. The molecule has 2 aliphatic rings. The Morgan fingerprint density at radius 1 is 1.19 bits per heavy atom. The molecule has 0 saturated carbocycles. The van der Waals surface area contributed by atoms with Gasteiger partial charge in [-0.05, 0) is 47.5 Å². The SMILES string of the molecule is COc1cc(C(Nc2ccc3c(c2)CN=C3N)c2nn(-c3ncccn3)c(=O)[nH]2)cc2c1OCOC2. The molecule has 0 saturated heterocycles. The number of hydrogen-bond acceptors (Lipinski definition) is 10. The van der Waals surface area contributed by atoms with Gasteiger partial charge in [-0.1, -0.05) is 0 Å². The minimum Gasteiger partial charge on any atom is -0.493 e. The molecule has 0 bridgehead atoms. The first kappa shape index (κ1) is 21.8.